The first-order valence-corrected chi connectivity index (χ1v) is 11.1. The summed E-state index contributed by atoms with van der Waals surface area (Å²) in [7, 11) is -2.30. The number of hydrogen-bond acceptors (Lipinski definition) is 6. The smallest absolute Gasteiger partial charge is 0.283 e. The normalized spacial score (nSPS) is 12.0. The fourth-order valence-corrected chi connectivity index (χ4v) is 5.27. The van der Waals surface area contributed by atoms with E-state index >= 15 is 0 Å². The van der Waals surface area contributed by atoms with E-state index in [1.165, 1.54) is 10.7 Å². The first-order chi connectivity index (χ1) is 13.8. The van der Waals surface area contributed by atoms with Crippen LogP contribution >= 0.6 is 11.7 Å². The van der Waals surface area contributed by atoms with Crippen molar-refractivity contribution in [1.29, 1.82) is 0 Å². The minimum atomic E-state index is -4.05. The Hall–Kier alpha value is -2.98. The zero-order valence-electron chi connectivity index (χ0n) is 16.0. The predicted octanol–water partition coefficient (Wildman–Crippen LogP) is 3.10. The van der Waals surface area contributed by atoms with E-state index in [2.05, 4.69) is 13.5 Å². The molecule has 0 aliphatic heterocycles. The Morgan fingerprint density at radius 2 is 1.76 bits per heavy atom. The summed E-state index contributed by atoms with van der Waals surface area (Å²) < 4.78 is 40.2. The quantitative estimate of drug-likeness (QED) is 0.526. The number of para-hydroxylation sites is 1. The van der Waals surface area contributed by atoms with Crippen LogP contribution in [0.2, 0.25) is 0 Å². The summed E-state index contributed by atoms with van der Waals surface area (Å²) in [4.78, 5) is 13.2. The van der Waals surface area contributed by atoms with Crippen LogP contribution in [0.15, 0.2) is 58.2 Å². The van der Waals surface area contributed by atoms with Gasteiger partial charge in [-0.05, 0) is 30.2 Å². The van der Waals surface area contributed by atoms with Gasteiger partial charge in [0.25, 0.3) is 15.6 Å². The summed E-state index contributed by atoms with van der Waals surface area (Å²) in [5.74, 6) is -0.0907. The number of rotatable bonds is 5. The van der Waals surface area contributed by atoms with Crippen LogP contribution in [0.1, 0.15) is 25.5 Å². The largest absolute Gasteiger partial charge is 0.296 e. The van der Waals surface area contributed by atoms with Gasteiger partial charge in [-0.25, -0.2) is 13.1 Å². The first-order valence-electron chi connectivity index (χ1n) is 8.92. The highest BCUT2D eigenvalue weighted by Gasteiger charge is 2.27. The van der Waals surface area contributed by atoms with Crippen LogP contribution in [-0.4, -0.2) is 26.5 Å². The molecule has 4 rings (SSSR count). The molecule has 2 heterocycles. The van der Waals surface area contributed by atoms with Gasteiger partial charge in [-0.2, -0.15) is 8.75 Å². The van der Waals surface area contributed by atoms with Gasteiger partial charge >= 0.3 is 0 Å². The van der Waals surface area contributed by atoms with Crippen molar-refractivity contribution in [3.8, 4) is 5.69 Å². The van der Waals surface area contributed by atoms with Gasteiger partial charge in [0.2, 0.25) is 0 Å². The fourth-order valence-electron chi connectivity index (χ4n) is 3.43. The number of anilines is 1. The van der Waals surface area contributed by atoms with Gasteiger partial charge in [-0.3, -0.25) is 14.2 Å². The van der Waals surface area contributed by atoms with Gasteiger partial charge in [0.05, 0.1) is 23.1 Å². The Bertz CT molecular complexity index is 1350. The SMILES string of the molecule is CC(C)c1c(NS(=O)(=O)c2cccc3nsnc23)c(=O)n(-c2ccccc2)n1C. The van der Waals surface area contributed by atoms with Crippen molar-refractivity contribution in [2.24, 2.45) is 7.05 Å². The highest BCUT2D eigenvalue weighted by atomic mass is 32.2. The molecule has 1 N–H and O–H groups in total. The molecule has 2 aromatic carbocycles. The van der Waals surface area contributed by atoms with Gasteiger partial charge in [0, 0.05) is 7.05 Å². The van der Waals surface area contributed by atoms with Crippen molar-refractivity contribution < 1.29 is 8.42 Å². The summed E-state index contributed by atoms with van der Waals surface area (Å²) in [5.41, 5.74) is 1.62. The maximum absolute atomic E-state index is 13.2. The molecule has 29 heavy (non-hydrogen) atoms. The van der Waals surface area contributed by atoms with Crippen molar-refractivity contribution in [3.05, 3.63) is 64.6 Å². The summed E-state index contributed by atoms with van der Waals surface area (Å²) in [6.07, 6.45) is 0. The van der Waals surface area contributed by atoms with E-state index in [0.29, 0.717) is 16.9 Å². The lowest BCUT2D eigenvalue weighted by atomic mass is 10.1. The van der Waals surface area contributed by atoms with E-state index in [-0.39, 0.29) is 22.0 Å². The molecule has 8 nitrogen and oxygen atoms in total. The van der Waals surface area contributed by atoms with E-state index < -0.39 is 15.6 Å². The van der Waals surface area contributed by atoms with Gasteiger partial charge in [0.15, 0.2) is 0 Å². The van der Waals surface area contributed by atoms with Crippen LogP contribution in [-0.2, 0) is 17.1 Å². The molecule has 0 atom stereocenters. The minimum absolute atomic E-state index is 0.00651. The second-order valence-electron chi connectivity index (χ2n) is 6.88. The predicted molar refractivity (Wildman–Crippen MR) is 113 cm³/mol. The standard InChI is InChI=1S/C19H19N5O3S2/c1-12(2)18-17(19(25)24(23(18)3)13-8-5-4-6-9-13)22-29(26,27)15-11-7-10-14-16(15)21-28-20-14/h4-12,22H,1-3H3. The third-order valence-electron chi connectivity index (χ3n) is 4.63. The number of aromatic nitrogens is 4. The number of benzene rings is 2. The Morgan fingerprint density at radius 3 is 2.45 bits per heavy atom. The maximum atomic E-state index is 13.2. The zero-order valence-corrected chi connectivity index (χ0v) is 17.7. The van der Waals surface area contributed by atoms with E-state index in [9.17, 15) is 13.2 Å². The van der Waals surface area contributed by atoms with Crippen LogP contribution in [0.3, 0.4) is 0 Å². The average Bonchev–Trinajstić information content (AvgIpc) is 3.25. The minimum Gasteiger partial charge on any atom is -0.283 e. The third-order valence-corrected chi connectivity index (χ3v) is 6.56. The highest BCUT2D eigenvalue weighted by Crippen LogP contribution is 2.27. The van der Waals surface area contributed by atoms with Gasteiger partial charge in [0.1, 0.15) is 21.6 Å². The molecule has 10 heteroatoms. The summed E-state index contributed by atoms with van der Waals surface area (Å²) in [5, 5.41) is 0. The van der Waals surface area contributed by atoms with E-state index in [1.807, 2.05) is 32.0 Å². The van der Waals surface area contributed by atoms with Gasteiger partial charge < -0.3 is 0 Å². The lowest BCUT2D eigenvalue weighted by Gasteiger charge is -2.13. The van der Waals surface area contributed by atoms with Crippen LogP contribution < -0.4 is 10.3 Å². The van der Waals surface area contributed by atoms with E-state index in [4.69, 9.17) is 0 Å². The van der Waals surface area contributed by atoms with Crippen molar-refractivity contribution in [2.75, 3.05) is 4.72 Å². The van der Waals surface area contributed by atoms with Crippen molar-refractivity contribution in [3.63, 3.8) is 0 Å². The lowest BCUT2D eigenvalue weighted by Crippen LogP contribution is -2.23. The number of nitrogens with zero attached hydrogens (tertiary/aromatic N) is 4. The molecule has 0 saturated carbocycles. The summed E-state index contributed by atoms with van der Waals surface area (Å²) in [6, 6.07) is 13.9. The fraction of sp³-hybridized carbons (Fsp3) is 0.211. The second kappa shape index (κ2) is 7.12. The molecule has 2 aromatic heterocycles. The number of fused-ring (bicyclic) bond motifs is 1. The summed E-state index contributed by atoms with van der Waals surface area (Å²) >= 11 is 0.942. The zero-order chi connectivity index (χ0) is 20.8. The average molecular weight is 430 g/mol. The third kappa shape index (κ3) is 3.23. The van der Waals surface area contributed by atoms with Gasteiger partial charge in [-0.15, -0.1) is 0 Å². The topological polar surface area (TPSA) is 98.9 Å². The molecule has 0 saturated heterocycles. The van der Waals surface area contributed by atoms with Crippen molar-refractivity contribution in [1.82, 2.24) is 18.1 Å². The lowest BCUT2D eigenvalue weighted by molar-refractivity contribution is 0.594. The Balaban J connectivity index is 1.89. The van der Waals surface area contributed by atoms with Crippen molar-refractivity contribution in [2.45, 2.75) is 24.7 Å². The second-order valence-corrected chi connectivity index (χ2v) is 9.06. The molecule has 0 radical (unpaired) electrons. The number of sulfonamides is 1. The molecule has 0 aliphatic rings. The molecule has 0 spiro atoms. The molecule has 0 aliphatic carbocycles. The molecule has 0 amide bonds. The van der Waals surface area contributed by atoms with E-state index in [0.717, 1.165) is 11.7 Å². The number of hydrogen-bond donors (Lipinski definition) is 1. The van der Waals surface area contributed by atoms with Gasteiger partial charge in [-0.1, -0.05) is 38.1 Å². The Kier molecular flexibility index (Phi) is 4.75. The van der Waals surface area contributed by atoms with Crippen LogP contribution in [0.4, 0.5) is 5.69 Å². The summed E-state index contributed by atoms with van der Waals surface area (Å²) in [6.45, 7) is 3.82. The molecule has 4 aromatic rings. The van der Waals surface area contributed by atoms with Crippen molar-refractivity contribution >= 4 is 38.5 Å². The number of nitrogens with one attached hydrogen (secondary N) is 1. The first kappa shape index (κ1) is 19.3. The van der Waals surface area contributed by atoms with Crippen LogP contribution in [0.25, 0.3) is 16.7 Å². The maximum Gasteiger partial charge on any atom is 0.296 e. The van der Waals surface area contributed by atoms with E-state index in [1.54, 1.807) is 36.0 Å². The Morgan fingerprint density at radius 1 is 1.03 bits per heavy atom. The van der Waals surface area contributed by atoms with Crippen LogP contribution in [0, 0.1) is 0 Å². The molecular weight excluding hydrogens is 410 g/mol. The molecule has 0 bridgehead atoms. The van der Waals surface area contributed by atoms with Crippen LogP contribution in [0.5, 0.6) is 0 Å². The molecule has 150 valence electrons. The highest BCUT2D eigenvalue weighted by molar-refractivity contribution is 7.93. The monoisotopic (exact) mass is 429 g/mol. The molecule has 0 unspecified atom stereocenters. The Labute approximate surface area is 171 Å². The molecular formula is C19H19N5O3S2. The molecule has 0 fully saturated rings.